The van der Waals surface area contributed by atoms with E-state index in [-0.39, 0.29) is 16.3 Å². The fourth-order valence-electron chi connectivity index (χ4n) is 0.957. The molecule has 0 bridgehead atoms. The van der Waals surface area contributed by atoms with Gasteiger partial charge in [-0.3, -0.25) is 0 Å². The third-order valence-corrected chi connectivity index (χ3v) is 2.30. The molecule has 1 rings (SSSR count). The van der Waals surface area contributed by atoms with Gasteiger partial charge in [0.05, 0.1) is 17.7 Å². The van der Waals surface area contributed by atoms with Crippen molar-refractivity contribution in [2.45, 2.75) is 0 Å². The third kappa shape index (κ3) is 3.37. The number of benzene rings is 1. The summed E-state index contributed by atoms with van der Waals surface area (Å²) >= 11 is 5.72. The van der Waals surface area contributed by atoms with Gasteiger partial charge in [-0.05, 0) is 12.1 Å². The third-order valence-electron chi connectivity index (χ3n) is 1.56. The molecular weight excluding hydrogens is 258 g/mol. The molecule has 0 amide bonds. The van der Waals surface area contributed by atoms with Crippen LogP contribution in [0.3, 0.4) is 0 Å². The van der Waals surface area contributed by atoms with Gasteiger partial charge in [0.25, 0.3) is 0 Å². The summed E-state index contributed by atoms with van der Waals surface area (Å²) in [6.45, 7) is 0. The van der Waals surface area contributed by atoms with E-state index in [2.05, 4.69) is 14.1 Å². The fraction of sp³-hybridized carbons (Fsp3) is 0.125. The Morgan fingerprint density at radius 2 is 2.06 bits per heavy atom. The van der Waals surface area contributed by atoms with E-state index in [4.69, 9.17) is 11.6 Å². The van der Waals surface area contributed by atoms with E-state index in [1.54, 1.807) is 0 Å². The maximum absolute atomic E-state index is 11.1. The first-order valence-corrected chi connectivity index (χ1v) is 5.78. The van der Waals surface area contributed by atoms with Crippen LogP contribution < -0.4 is 9.32 Å². The number of esters is 1. The van der Waals surface area contributed by atoms with Crippen LogP contribution in [0.25, 0.3) is 0 Å². The van der Waals surface area contributed by atoms with Crippen LogP contribution in [0, 0.1) is 0 Å². The number of nitrogens with two attached hydrogens (primary N) is 1. The molecular formula is C8H8ClNO5S. The maximum Gasteiger partial charge on any atom is 0.380 e. The number of carbonyl (C=O) groups excluding carboxylic acids is 1. The van der Waals surface area contributed by atoms with Gasteiger partial charge in [0, 0.05) is 6.07 Å². The number of hydrogen-bond acceptors (Lipinski definition) is 5. The second kappa shape index (κ2) is 4.69. The predicted molar refractivity (Wildman–Crippen MR) is 56.5 cm³/mol. The van der Waals surface area contributed by atoms with Gasteiger partial charge in [-0.1, -0.05) is 11.6 Å². The summed E-state index contributed by atoms with van der Waals surface area (Å²) in [5.41, 5.74) is 0.103. The van der Waals surface area contributed by atoms with Crippen LogP contribution in [0.4, 0.5) is 0 Å². The predicted octanol–water partition coefficient (Wildman–Crippen LogP) is 0.709. The van der Waals surface area contributed by atoms with Crippen LogP contribution in [-0.2, 0) is 15.0 Å². The first-order valence-electron chi connectivity index (χ1n) is 3.93. The van der Waals surface area contributed by atoms with Gasteiger partial charge in [-0.2, -0.15) is 13.6 Å². The van der Waals surface area contributed by atoms with Crippen molar-refractivity contribution in [3.63, 3.8) is 0 Å². The van der Waals surface area contributed by atoms with Crippen LogP contribution in [0.1, 0.15) is 10.4 Å². The Morgan fingerprint density at radius 3 is 2.50 bits per heavy atom. The van der Waals surface area contributed by atoms with Crippen LogP contribution in [0.5, 0.6) is 5.75 Å². The topological polar surface area (TPSA) is 95.7 Å². The number of ether oxygens (including phenoxy) is 1. The van der Waals surface area contributed by atoms with E-state index in [1.807, 2.05) is 0 Å². The first-order chi connectivity index (χ1) is 7.33. The SMILES string of the molecule is COC(=O)c1ccc(OS(N)(=O)=O)cc1Cl. The van der Waals surface area contributed by atoms with Gasteiger partial charge in [0.1, 0.15) is 5.75 Å². The number of halogens is 1. The van der Waals surface area contributed by atoms with Gasteiger partial charge >= 0.3 is 16.3 Å². The lowest BCUT2D eigenvalue weighted by atomic mass is 10.2. The molecule has 1 aromatic carbocycles. The molecule has 88 valence electrons. The Balaban J connectivity index is 3.05. The molecule has 2 N–H and O–H groups in total. The lowest BCUT2D eigenvalue weighted by molar-refractivity contribution is 0.0601. The highest BCUT2D eigenvalue weighted by molar-refractivity contribution is 7.84. The number of carbonyl (C=O) groups is 1. The molecule has 0 spiro atoms. The van der Waals surface area contributed by atoms with Crippen molar-refractivity contribution in [2.75, 3.05) is 7.11 Å². The minimum absolute atomic E-state index is 0.00741. The second-order valence-corrected chi connectivity index (χ2v) is 4.27. The first kappa shape index (κ1) is 12.8. The second-order valence-electron chi connectivity index (χ2n) is 2.71. The van der Waals surface area contributed by atoms with Gasteiger partial charge < -0.3 is 8.92 Å². The zero-order valence-electron chi connectivity index (χ0n) is 8.14. The molecule has 0 aliphatic carbocycles. The molecule has 0 saturated carbocycles. The average molecular weight is 266 g/mol. The van der Waals surface area contributed by atoms with E-state index in [1.165, 1.54) is 19.2 Å². The quantitative estimate of drug-likeness (QED) is 0.812. The van der Waals surface area contributed by atoms with Gasteiger partial charge in [-0.15, -0.1) is 0 Å². The summed E-state index contributed by atoms with van der Waals surface area (Å²) in [5, 5.41) is 4.66. The molecule has 0 aliphatic rings. The molecule has 0 atom stereocenters. The van der Waals surface area contributed by atoms with E-state index < -0.39 is 16.3 Å². The highest BCUT2D eigenvalue weighted by Gasteiger charge is 2.13. The van der Waals surface area contributed by atoms with Crippen LogP contribution in [0.2, 0.25) is 5.02 Å². The van der Waals surface area contributed by atoms with Crippen LogP contribution in [-0.4, -0.2) is 21.5 Å². The number of methoxy groups -OCH3 is 1. The van der Waals surface area contributed by atoms with Crippen molar-refractivity contribution >= 4 is 27.9 Å². The van der Waals surface area contributed by atoms with Crippen molar-refractivity contribution in [3.8, 4) is 5.75 Å². The number of hydrogen-bond donors (Lipinski definition) is 1. The zero-order valence-corrected chi connectivity index (χ0v) is 9.71. The summed E-state index contributed by atoms with van der Waals surface area (Å²) in [6.07, 6.45) is 0. The molecule has 0 heterocycles. The molecule has 1 aromatic rings. The monoisotopic (exact) mass is 265 g/mol. The molecule has 16 heavy (non-hydrogen) atoms. The Kier molecular flexibility index (Phi) is 3.74. The van der Waals surface area contributed by atoms with Crippen molar-refractivity contribution < 1.29 is 22.1 Å². The fourth-order valence-corrected chi connectivity index (χ4v) is 1.58. The van der Waals surface area contributed by atoms with Crippen molar-refractivity contribution in [1.29, 1.82) is 0 Å². The molecule has 0 aliphatic heterocycles. The molecule has 0 aromatic heterocycles. The largest absolute Gasteiger partial charge is 0.465 e. The minimum atomic E-state index is -4.11. The van der Waals surface area contributed by atoms with Gasteiger partial charge in [-0.25, -0.2) is 4.79 Å². The Morgan fingerprint density at radius 1 is 1.44 bits per heavy atom. The molecule has 0 fully saturated rings. The van der Waals surface area contributed by atoms with E-state index in [9.17, 15) is 13.2 Å². The Hall–Kier alpha value is -1.31. The molecule has 6 nitrogen and oxygen atoms in total. The normalized spacial score (nSPS) is 10.9. The summed E-state index contributed by atoms with van der Waals surface area (Å²) in [6, 6.07) is 3.66. The van der Waals surface area contributed by atoms with E-state index in [0.717, 1.165) is 6.07 Å². The summed E-state index contributed by atoms with van der Waals surface area (Å²) < 4.78 is 30.0. The molecule has 0 radical (unpaired) electrons. The van der Waals surface area contributed by atoms with Gasteiger partial charge in [0.2, 0.25) is 0 Å². The molecule has 0 saturated heterocycles. The zero-order chi connectivity index (χ0) is 12.3. The lowest BCUT2D eigenvalue weighted by Crippen LogP contribution is -2.19. The van der Waals surface area contributed by atoms with E-state index in [0.29, 0.717) is 0 Å². The highest BCUT2D eigenvalue weighted by Crippen LogP contribution is 2.23. The highest BCUT2D eigenvalue weighted by atomic mass is 35.5. The van der Waals surface area contributed by atoms with Crippen molar-refractivity contribution in [1.82, 2.24) is 0 Å². The number of rotatable bonds is 3. The summed E-state index contributed by atoms with van der Waals surface area (Å²) in [5.74, 6) is -0.715. The van der Waals surface area contributed by atoms with Crippen LogP contribution in [0.15, 0.2) is 18.2 Å². The van der Waals surface area contributed by atoms with E-state index >= 15 is 0 Å². The maximum atomic E-state index is 11.1. The molecule has 8 heteroatoms. The van der Waals surface area contributed by atoms with Gasteiger partial charge in [0.15, 0.2) is 0 Å². The summed E-state index contributed by atoms with van der Waals surface area (Å²) in [7, 11) is -2.91. The lowest BCUT2D eigenvalue weighted by Gasteiger charge is -2.05. The average Bonchev–Trinajstić information content (AvgIpc) is 2.14. The standard InChI is InChI=1S/C8H8ClNO5S/c1-14-8(11)6-3-2-5(4-7(6)9)15-16(10,12)13/h2-4H,1H3,(H2,10,12,13). The van der Waals surface area contributed by atoms with Crippen molar-refractivity contribution in [2.24, 2.45) is 5.14 Å². The molecule has 0 unspecified atom stereocenters. The summed E-state index contributed by atoms with van der Waals surface area (Å²) in [4.78, 5) is 11.1. The van der Waals surface area contributed by atoms with Crippen molar-refractivity contribution in [3.05, 3.63) is 28.8 Å². The minimum Gasteiger partial charge on any atom is -0.465 e. The van der Waals surface area contributed by atoms with Crippen LogP contribution >= 0.6 is 11.6 Å². The Bertz CT molecular complexity index is 513. The smallest absolute Gasteiger partial charge is 0.380 e. The Labute approximate surface area is 97.2 Å².